The lowest BCUT2D eigenvalue weighted by molar-refractivity contribution is 0.0594. The van der Waals surface area contributed by atoms with Crippen LogP contribution in [0.1, 0.15) is 22.5 Å². The molecule has 0 saturated carbocycles. The molecule has 1 aliphatic carbocycles. The van der Waals surface area contributed by atoms with Crippen LogP contribution in [0.2, 0.25) is 0 Å². The molecule has 2 heterocycles. The van der Waals surface area contributed by atoms with Gasteiger partial charge in [-0.15, -0.1) is 0 Å². The van der Waals surface area contributed by atoms with Crippen molar-refractivity contribution in [2.24, 2.45) is 0 Å². The minimum atomic E-state index is -0.465. The summed E-state index contributed by atoms with van der Waals surface area (Å²) in [5.74, 6) is -0.760. The first-order chi connectivity index (χ1) is 11.2. The highest BCUT2D eigenvalue weighted by Crippen LogP contribution is 2.34. The van der Waals surface area contributed by atoms with Crippen LogP contribution in [0.5, 0.6) is 0 Å². The van der Waals surface area contributed by atoms with Gasteiger partial charge in [0.2, 0.25) is 0 Å². The normalized spacial score (nSPS) is 14.0. The molecule has 0 atom stereocenters. The zero-order valence-corrected chi connectivity index (χ0v) is 12.5. The van der Waals surface area contributed by atoms with E-state index < -0.39 is 5.97 Å². The van der Waals surface area contributed by atoms with Crippen LogP contribution < -0.4 is 0 Å². The van der Waals surface area contributed by atoms with E-state index in [0.717, 1.165) is 16.7 Å². The number of H-pyrrole nitrogens is 1. The van der Waals surface area contributed by atoms with Gasteiger partial charge in [-0.25, -0.2) is 9.18 Å². The predicted molar refractivity (Wildman–Crippen MR) is 86.3 cm³/mol. The lowest BCUT2D eigenvalue weighted by atomic mass is 9.96. The van der Waals surface area contributed by atoms with Crippen molar-refractivity contribution in [1.82, 2.24) is 9.97 Å². The Bertz CT molecular complexity index is 817. The maximum atomic E-state index is 13.4. The summed E-state index contributed by atoms with van der Waals surface area (Å²) in [5, 5.41) is 0. The van der Waals surface area contributed by atoms with Crippen molar-refractivity contribution in [3.63, 3.8) is 0 Å². The quantitative estimate of drug-likeness (QED) is 0.870. The Labute approximate surface area is 133 Å². The zero-order chi connectivity index (χ0) is 16.2. The molecular weight excluding hydrogens is 295 g/mol. The molecule has 0 aromatic carbocycles. The standard InChI is InChI=1S/C18H15FN2O2/c1-23-18(22)17-16(13-3-2-4-14(19)6-5-13)15(11-21-17)12-7-9-20-10-8-12/h3-11,21H,2H2,1H3. The average Bonchev–Trinajstić information content (AvgIpc) is 2.91. The van der Waals surface area contributed by atoms with E-state index in [0.29, 0.717) is 17.7 Å². The number of halogens is 1. The van der Waals surface area contributed by atoms with Crippen LogP contribution in [0.3, 0.4) is 0 Å². The fraction of sp³-hybridized carbons (Fsp3) is 0.111. The molecule has 0 spiro atoms. The number of rotatable bonds is 3. The van der Waals surface area contributed by atoms with Gasteiger partial charge in [0.15, 0.2) is 0 Å². The topological polar surface area (TPSA) is 55.0 Å². The van der Waals surface area contributed by atoms with Crippen LogP contribution >= 0.6 is 0 Å². The van der Waals surface area contributed by atoms with Crippen LogP contribution in [0.4, 0.5) is 4.39 Å². The zero-order valence-electron chi connectivity index (χ0n) is 12.5. The summed E-state index contributed by atoms with van der Waals surface area (Å²) in [6, 6.07) is 3.71. The SMILES string of the molecule is COC(=O)c1[nH]cc(-c2ccncc2)c1C1=CCC=C(F)C=C1. The molecular formula is C18H15FN2O2. The number of pyridine rings is 1. The second-order valence-corrected chi connectivity index (χ2v) is 5.00. The number of carbonyl (C=O) groups excluding carboxylic acids is 1. The summed E-state index contributed by atoms with van der Waals surface area (Å²) in [4.78, 5) is 19.0. The fourth-order valence-corrected chi connectivity index (χ4v) is 2.53. The maximum absolute atomic E-state index is 13.4. The van der Waals surface area contributed by atoms with Crippen molar-refractivity contribution >= 4 is 11.5 Å². The molecule has 1 aliphatic rings. The first-order valence-corrected chi connectivity index (χ1v) is 7.15. The summed E-state index contributed by atoms with van der Waals surface area (Å²) in [5.41, 5.74) is 3.56. The second kappa shape index (κ2) is 6.44. The number of esters is 1. The average molecular weight is 310 g/mol. The summed E-state index contributed by atoms with van der Waals surface area (Å²) >= 11 is 0. The number of ether oxygens (including phenoxy) is 1. The molecule has 0 bridgehead atoms. The third-order valence-corrected chi connectivity index (χ3v) is 3.62. The van der Waals surface area contributed by atoms with Crippen molar-refractivity contribution in [1.29, 1.82) is 0 Å². The van der Waals surface area contributed by atoms with Crippen LogP contribution in [0, 0.1) is 0 Å². The number of methoxy groups -OCH3 is 1. The van der Waals surface area contributed by atoms with Crippen molar-refractivity contribution in [2.75, 3.05) is 7.11 Å². The Morgan fingerprint density at radius 1 is 1.26 bits per heavy atom. The smallest absolute Gasteiger partial charge is 0.355 e. The minimum Gasteiger partial charge on any atom is -0.464 e. The van der Waals surface area contributed by atoms with Crippen molar-refractivity contribution in [2.45, 2.75) is 6.42 Å². The molecule has 2 aromatic rings. The maximum Gasteiger partial charge on any atom is 0.355 e. The fourth-order valence-electron chi connectivity index (χ4n) is 2.53. The van der Waals surface area contributed by atoms with E-state index in [2.05, 4.69) is 9.97 Å². The summed E-state index contributed by atoms with van der Waals surface area (Å²) in [7, 11) is 1.33. The lowest BCUT2D eigenvalue weighted by Crippen LogP contribution is -2.05. The molecule has 4 nitrogen and oxygen atoms in total. The molecule has 0 saturated heterocycles. The van der Waals surface area contributed by atoms with E-state index in [1.54, 1.807) is 24.7 Å². The number of allylic oxidation sites excluding steroid dienone is 6. The highest BCUT2D eigenvalue weighted by molar-refractivity contribution is 6.00. The number of nitrogens with zero attached hydrogens (tertiary/aromatic N) is 1. The summed E-state index contributed by atoms with van der Waals surface area (Å²) in [6.45, 7) is 0. The van der Waals surface area contributed by atoms with Gasteiger partial charge in [-0.2, -0.15) is 0 Å². The molecule has 3 rings (SSSR count). The first-order valence-electron chi connectivity index (χ1n) is 7.15. The number of aromatic nitrogens is 2. The largest absolute Gasteiger partial charge is 0.464 e. The Morgan fingerprint density at radius 3 is 2.78 bits per heavy atom. The van der Waals surface area contributed by atoms with Crippen LogP contribution in [-0.2, 0) is 4.74 Å². The summed E-state index contributed by atoms with van der Waals surface area (Å²) in [6.07, 6.45) is 12.0. The van der Waals surface area contributed by atoms with Crippen LogP contribution in [0.25, 0.3) is 16.7 Å². The number of carbonyl (C=O) groups is 1. The molecule has 0 aliphatic heterocycles. The van der Waals surface area contributed by atoms with Gasteiger partial charge >= 0.3 is 5.97 Å². The van der Waals surface area contributed by atoms with E-state index in [9.17, 15) is 9.18 Å². The Morgan fingerprint density at radius 2 is 2.04 bits per heavy atom. The van der Waals surface area contributed by atoms with Crippen molar-refractivity contribution < 1.29 is 13.9 Å². The molecule has 0 amide bonds. The van der Waals surface area contributed by atoms with Gasteiger partial charge in [0.25, 0.3) is 0 Å². The second-order valence-electron chi connectivity index (χ2n) is 5.00. The van der Waals surface area contributed by atoms with Gasteiger partial charge in [-0.05, 0) is 41.8 Å². The van der Waals surface area contributed by atoms with E-state index in [1.165, 1.54) is 19.3 Å². The molecule has 1 N–H and O–H groups in total. The van der Waals surface area contributed by atoms with Gasteiger partial charge in [0.05, 0.1) is 7.11 Å². The molecule has 116 valence electrons. The van der Waals surface area contributed by atoms with Gasteiger partial charge in [-0.3, -0.25) is 4.98 Å². The van der Waals surface area contributed by atoms with Gasteiger partial charge in [-0.1, -0.05) is 12.2 Å². The number of hydrogen-bond donors (Lipinski definition) is 1. The molecule has 5 heteroatoms. The van der Waals surface area contributed by atoms with Gasteiger partial charge in [0.1, 0.15) is 11.5 Å². The molecule has 0 fully saturated rings. The number of nitrogens with one attached hydrogen (secondary N) is 1. The van der Waals surface area contributed by atoms with E-state index in [-0.39, 0.29) is 5.83 Å². The Balaban J connectivity index is 2.16. The lowest BCUT2D eigenvalue weighted by Gasteiger charge is -2.08. The third kappa shape index (κ3) is 2.99. The van der Waals surface area contributed by atoms with Gasteiger partial charge in [0, 0.05) is 29.7 Å². The van der Waals surface area contributed by atoms with E-state index in [1.807, 2.05) is 18.2 Å². The highest BCUT2D eigenvalue weighted by atomic mass is 19.1. The Kier molecular flexibility index (Phi) is 4.19. The Hall–Kier alpha value is -2.95. The minimum absolute atomic E-state index is 0.295. The predicted octanol–water partition coefficient (Wildman–Crippen LogP) is 4.06. The third-order valence-electron chi connectivity index (χ3n) is 3.62. The first kappa shape index (κ1) is 15.0. The monoisotopic (exact) mass is 310 g/mol. The van der Waals surface area contributed by atoms with Crippen LogP contribution in [0.15, 0.2) is 60.9 Å². The van der Waals surface area contributed by atoms with E-state index in [4.69, 9.17) is 4.74 Å². The number of hydrogen-bond acceptors (Lipinski definition) is 3. The highest BCUT2D eigenvalue weighted by Gasteiger charge is 2.21. The summed E-state index contributed by atoms with van der Waals surface area (Å²) < 4.78 is 18.3. The molecule has 23 heavy (non-hydrogen) atoms. The number of aromatic amines is 1. The molecule has 0 radical (unpaired) electrons. The van der Waals surface area contributed by atoms with Crippen molar-refractivity contribution in [3.05, 3.63) is 72.1 Å². The van der Waals surface area contributed by atoms with E-state index >= 15 is 0 Å². The van der Waals surface area contributed by atoms with Crippen LogP contribution in [-0.4, -0.2) is 23.0 Å². The molecule has 0 unspecified atom stereocenters. The van der Waals surface area contributed by atoms with Gasteiger partial charge < -0.3 is 9.72 Å². The molecule has 2 aromatic heterocycles. The van der Waals surface area contributed by atoms with Crippen molar-refractivity contribution in [3.8, 4) is 11.1 Å².